The van der Waals surface area contributed by atoms with Crippen LogP contribution in [0.2, 0.25) is 0 Å². The monoisotopic (exact) mass is 726 g/mol. The highest BCUT2D eigenvalue weighted by atomic mass is 15.0. The lowest BCUT2D eigenvalue weighted by Gasteiger charge is -2.14. The molecule has 0 aliphatic carbocycles. The second kappa shape index (κ2) is 13.4. The quantitative estimate of drug-likeness (QED) is 0.161. The first-order valence-electron chi connectivity index (χ1n) is 19.7. The van der Waals surface area contributed by atoms with Gasteiger partial charge in [-0.25, -0.2) is 0 Å². The van der Waals surface area contributed by atoms with Crippen molar-refractivity contribution in [2.75, 3.05) is 0 Å². The van der Waals surface area contributed by atoms with Gasteiger partial charge in [0.25, 0.3) is 0 Å². The van der Waals surface area contributed by atoms with Gasteiger partial charge in [0.2, 0.25) is 0 Å². The molecule has 11 rings (SSSR count). The van der Waals surface area contributed by atoms with E-state index >= 15 is 0 Å². The van der Waals surface area contributed by atoms with Gasteiger partial charge in [-0.3, -0.25) is 0 Å². The van der Waals surface area contributed by atoms with Crippen LogP contribution in [0.4, 0.5) is 0 Å². The molecule has 0 radical (unpaired) electrons. The summed E-state index contributed by atoms with van der Waals surface area (Å²) in [6.07, 6.45) is 0. The number of aryl methyl sites for hydroxylation is 1. The van der Waals surface area contributed by atoms with Gasteiger partial charge < -0.3 is 9.13 Å². The molecule has 0 aliphatic rings. The largest absolute Gasteiger partial charge is 0.309 e. The maximum atomic E-state index is 2.47. The molecule has 0 saturated carbocycles. The first-order valence-corrected chi connectivity index (χ1v) is 19.7. The Kier molecular flexibility index (Phi) is 7.75. The summed E-state index contributed by atoms with van der Waals surface area (Å²) in [5.41, 5.74) is 18.0. The van der Waals surface area contributed by atoms with Crippen LogP contribution < -0.4 is 0 Å². The molecule has 0 N–H and O–H groups in total. The van der Waals surface area contributed by atoms with Crippen LogP contribution in [-0.2, 0) is 0 Å². The topological polar surface area (TPSA) is 9.86 Å². The first kappa shape index (κ1) is 33.0. The van der Waals surface area contributed by atoms with E-state index in [1.807, 2.05) is 0 Å². The Hall–Kier alpha value is -7.42. The van der Waals surface area contributed by atoms with Crippen LogP contribution in [0.1, 0.15) is 5.56 Å². The summed E-state index contributed by atoms with van der Waals surface area (Å²) < 4.78 is 4.92. The minimum atomic E-state index is 1.15. The van der Waals surface area contributed by atoms with E-state index < -0.39 is 0 Å². The summed E-state index contributed by atoms with van der Waals surface area (Å²) >= 11 is 0. The van der Waals surface area contributed by atoms with Gasteiger partial charge in [0, 0.05) is 32.9 Å². The standard InChI is InChI=1S/C55H38N2/c1-37-23-25-42(26-24-37)45-33-44(39-15-6-3-7-16-39)35-47(36-45)57-51-22-11-9-20-49(51)55-53(57)32-31-52-54(55)48-19-8-10-21-50(48)56(52)46-18-12-17-43(34-46)41-29-27-40(28-30-41)38-13-4-2-5-14-38/h2-36H,1H3. The molecule has 9 aromatic carbocycles. The van der Waals surface area contributed by atoms with Crippen LogP contribution in [0.15, 0.2) is 212 Å². The predicted octanol–water partition coefficient (Wildman–Crippen LogP) is 14.9. The lowest BCUT2D eigenvalue weighted by Crippen LogP contribution is -1.96. The van der Waals surface area contributed by atoms with Gasteiger partial charge in [0.1, 0.15) is 0 Å². The molecule has 0 fully saturated rings. The molecule has 0 spiro atoms. The van der Waals surface area contributed by atoms with Gasteiger partial charge in [-0.2, -0.15) is 0 Å². The fraction of sp³-hybridized carbons (Fsp3) is 0.0182. The third kappa shape index (κ3) is 5.57. The number of nitrogens with zero attached hydrogens (tertiary/aromatic N) is 2. The predicted molar refractivity (Wildman–Crippen MR) is 242 cm³/mol. The SMILES string of the molecule is Cc1ccc(-c2cc(-c3ccccc3)cc(-n3c4ccccc4c4c5c6ccccc6n(-c6cccc(-c7ccc(-c8ccccc8)cc7)c6)c5ccc43)c2)cc1. The minimum Gasteiger partial charge on any atom is -0.309 e. The van der Waals surface area contributed by atoms with Crippen molar-refractivity contribution in [2.45, 2.75) is 6.92 Å². The van der Waals surface area contributed by atoms with Crippen molar-refractivity contribution in [3.63, 3.8) is 0 Å². The lowest BCUT2D eigenvalue weighted by atomic mass is 9.97. The summed E-state index contributed by atoms with van der Waals surface area (Å²) in [4.78, 5) is 0. The van der Waals surface area contributed by atoms with E-state index in [-0.39, 0.29) is 0 Å². The second-order valence-corrected chi connectivity index (χ2v) is 15.1. The molecule has 0 amide bonds. The Morgan fingerprint density at radius 3 is 1.25 bits per heavy atom. The van der Waals surface area contributed by atoms with E-state index in [1.54, 1.807) is 0 Å². The van der Waals surface area contributed by atoms with Gasteiger partial charge in [-0.05, 0) is 106 Å². The van der Waals surface area contributed by atoms with Crippen LogP contribution >= 0.6 is 0 Å². The molecule has 0 unspecified atom stereocenters. The first-order chi connectivity index (χ1) is 28.2. The zero-order valence-electron chi connectivity index (χ0n) is 31.6. The van der Waals surface area contributed by atoms with Crippen molar-refractivity contribution < 1.29 is 0 Å². The highest BCUT2D eigenvalue weighted by molar-refractivity contribution is 6.29. The summed E-state index contributed by atoms with van der Waals surface area (Å²) in [7, 11) is 0. The van der Waals surface area contributed by atoms with Crippen LogP contribution in [-0.4, -0.2) is 9.13 Å². The zero-order chi connectivity index (χ0) is 37.9. The molecule has 11 aromatic rings. The molecule has 2 heterocycles. The van der Waals surface area contributed by atoms with Gasteiger partial charge in [0.15, 0.2) is 0 Å². The third-order valence-electron chi connectivity index (χ3n) is 11.6. The van der Waals surface area contributed by atoms with Crippen molar-refractivity contribution in [1.29, 1.82) is 0 Å². The van der Waals surface area contributed by atoms with Crippen molar-refractivity contribution in [3.05, 3.63) is 218 Å². The van der Waals surface area contributed by atoms with Crippen molar-refractivity contribution in [1.82, 2.24) is 9.13 Å². The third-order valence-corrected chi connectivity index (χ3v) is 11.6. The number of para-hydroxylation sites is 2. The Morgan fingerprint density at radius 1 is 0.263 bits per heavy atom. The number of hydrogen-bond acceptors (Lipinski definition) is 0. The average Bonchev–Trinajstić information content (AvgIpc) is 3.80. The highest BCUT2D eigenvalue weighted by Crippen LogP contribution is 2.43. The second-order valence-electron chi connectivity index (χ2n) is 15.1. The Bertz CT molecular complexity index is 3260. The Morgan fingerprint density at radius 2 is 0.667 bits per heavy atom. The normalized spacial score (nSPS) is 11.6. The van der Waals surface area contributed by atoms with Crippen LogP contribution in [0.25, 0.3) is 99.5 Å². The van der Waals surface area contributed by atoms with Crippen LogP contribution in [0.3, 0.4) is 0 Å². The van der Waals surface area contributed by atoms with Crippen LogP contribution in [0, 0.1) is 6.92 Å². The van der Waals surface area contributed by atoms with E-state index in [1.165, 1.54) is 93.7 Å². The summed E-state index contributed by atoms with van der Waals surface area (Å²) in [5, 5.41) is 5.04. The number of aromatic nitrogens is 2. The molecule has 0 atom stereocenters. The highest BCUT2D eigenvalue weighted by Gasteiger charge is 2.21. The molecule has 2 nitrogen and oxygen atoms in total. The maximum absolute atomic E-state index is 2.47. The fourth-order valence-corrected chi connectivity index (χ4v) is 8.84. The summed E-state index contributed by atoms with van der Waals surface area (Å²) in [6.45, 7) is 2.15. The fourth-order valence-electron chi connectivity index (χ4n) is 8.84. The molecule has 57 heavy (non-hydrogen) atoms. The average molecular weight is 727 g/mol. The number of benzene rings is 9. The molecule has 2 aromatic heterocycles. The maximum Gasteiger partial charge on any atom is 0.0548 e. The number of fused-ring (bicyclic) bond motifs is 7. The van der Waals surface area contributed by atoms with Gasteiger partial charge in [0.05, 0.1) is 22.1 Å². The number of rotatable bonds is 6. The van der Waals surface area contributed by atoms with Gasteiger partial charge in [-0.1, -0.05) is 163 Å². The van der Waals surface area contributed by atoms with E-state index in [0.29, 0.717) is 0 Å². The summed E-state index contributed by atoms with van der Waals surface area (Å²) in [6, 6.07) is 77.6. The minimum absolute atomic E-state index is 1.15. The molecule has 0 bridgehead atoms. The molecule has 2 heteroatoms. The van der Waals surface area contributed by atoms with E-state index in [9.17, 15) is 0 Å². The molecular weight excluding hydrogens is 689 g/mol. The summed E-state index contributed by atoms with van der Waals surface area (Å²) in [5.74, 6) is 0. The van der Waals surface area contributed by atoms with Crippen LogP contribution in [0.5, 0.6) is 0 Å². The van der Waals surface area contributed by atoms with E-state index in [2.05, 4.69) is 228 Å². The number of hydrogen-bond donors (Lipinski definition) is 0. The van der Waals surface area contributed by atoms with Crippen molar-refractivity contribution >= 4 is 43.6 Å². The van der Waals surface area contributed by atoms with E-state index in [4.69, 9.17) is 0 Å². The molecule has 0 aliphatic heterocycles. The Balaban J connectivity index is 1.13. The smallest absolute Gasteiger partial charge is 0.0548 e. The Labute approximate surface area is 332 Å². The molecule has 268 valence electrons. The lowest BCUT2D eigenvalue weighted by molar-refractivity contribution is 1.17. The van der Waals surface area contributed by atoms with E-state index in [0.717, 1.165) is 11.4 Å². The van der Waals surface area contributed by atoms with Gasteiger partial charge in [-0.15, -0.1) is 0 Å². The molecular formula is C55H38N2. The zero-order valence-corrected chi connectivity index (χ0v) is 31.6. The van der Waals surface area contributed by atoms with Crippen molar-refractivity contribution in [3.8, 4) is 55.9 Å². The van der Waals surface area contributed by atoms with Crippen molar-refractivity contribution in [2.24, 2.45) is 0 Å². The van der Waals surface area contributed by atoms with Gasteiger partial charge >= 0.3 is 0 Å². The molecule has 0 saturated heterocycles.